The monoisotopic (exact) mass is 389 g/mol. The van der Waals surface area contributed by atoms with Crippen LogP contribution in [0.5, 0.6) is 0 Å². The molecular formula is C23H23N3O3. The highest BCUT2D eigenvalue weighted by Gasteiger charge is 2.16. The van der Waals surface area contributed by atoms with Gasteiger partial charge < -0.3 is 10.2 Å². The van der Waals surface area contributed by atoms with Crippen molar-refractivity contribution in [2.75, 3.05) is 16.9 Å². The van der Waals surface area contributed by atoms with Crippen molar-refractivity contribution >= 4 is 23.3 Å². The van der Waals surface area contributed by atoms with Crippen LogP contribution in [0.3, 0.4) is 0 Å². The lowest BCUT2D eigenvalue weighted by atomic mass is 10.1. The number of nitrogens with one attached hydrogen (secondary N) is 1. The van der Waals surface area contributed by atoms with Gasteiger partial charge in [0.1, 0.15) is 6.54 Å². The lowest BCUT2D eigenvalue weighted by molar-refractivity contribution is -0.145. The van der Waals surface area contributed by atoms with E-state index in [4.69, 9.17) is 4.84 Å². The zero-order valence-corrected chi connectivity index (χ0v) is 16.2. The number of amides is 1. The predicted octanol–water partition coefficient (Wildman–Crippen LogP) is 4.45. The van der Waals surface area contributed by atoms with Crippen LogP contribution in [0, 0.1) is 0 Å². The van der Waals surface area contributed by atoms with E-state index in [0.717, 1.165) is 11.1 Å². The Labute approximate surface area is 170 Å². The first-order chi connectivity index (χ1) is 14.2. The van der Waals surface area contributed by atoms with Crippen LogP contribution < -0.4 is 10.4 Å². The van der Waals surface area contributed by atoms with Crippen LogP contribution in [-0.4, -0.2) is 23.4 Å². The SMILES string of the molecule is CCCC(=O)ON(CC(=O)Nc1ccc(-c2ccncc2)cc1)c1ccccc1. The molecule has 0 saturated carbocycles. The molecule has 3 aromatic rings. The number of nitrogens with zero attached hydrogens (tertiary/aromatic N) is 2. The molecule has 1 aromatic heterocycles. The van der Waals surface area contributed by atoms with E-state index in [1.807, 2.05) is 61.5 Å². The maximum atomic E-state index is 12.5. The Morgan fingerprint density at radius 2 is 1.59 bits per heavy atom. The third-order valence-corrected chi connectivity index (χ3v) is 4.18. The number of para-hydroxylation sites is 1. The van der Waals surface area contributed by atoms with Crippen molar-refractivity contribution in [1.29, 1.82) is 0 Å². The first-order valence-electron chi connectivity index (χ1n) is 9.49. The average Bonchev–Trinajstić information content (AvgIpc) is 2.75. The van der Waals surface area contributed by atoms with Crippen LogP contribution >= 0.6 is 0 Å². The number of pyridine rings is 1. The van der Waals surface area contributed by atoms with Crippen LogP contribution in [0.1, 0.15) is 19.8 Å². The Hall–Kier alpha value is -3.67. The molecule has 1 heterocycles. The quantitative estimate of drug-likeness (QED) is 0.576. The number of benzene rings is 2. The van der Waals surface area contributed by atoms with E-state index in [-0.39, 0.29) is 18.4 Å². The number of hydrogen-bond donors (Lipinski definition) is 1. The van der Waals surface area contributed by atoms with Gasteiger partial charge in [0.05, 0.1) is 5.69 Å². The second-order valence-corrected chi connectivity index (χ2v) is 6.45. The zero-order valence-electron chi connectivity index (χ0n) is 16.2. The van der Waals surface area contributed by atoms with Crippen LogP contribution in [-0.2, 0) is 14.4 Å². The average molecular weight is 389 g/mol. The number of hydroxylamine groups is 1. The summed E-state index contributed by atoms with van der Waals surface area (Å²) in [4.78, 5) is 33.9. The van der Waals surface area contributed by atoms with E-state index in [1.54, 1.807) is 24.5 Å². The maximum absolute atomic E-state index is 12.5. The molecule has 29 heavy (non-hydrogen) atoms. The van der Waals surface area contributed by atoms with Crippen LogP contribution in [0.4, 0.5) is 11.4 Å². The van der Waals surface area contributed by atoms with Gasteiger partial charge in [-0.15, -0.1) is 0 Å². The molecule has 6 nitrogen and oxygen atoms in total. The van der Waals surface area contributed by atoms with Gasteiger partial charge in [0.15, 0.2) is 0 Å². The van der Waals surface area contributed by atoms with E-state index in [9.17, 15) is 9.59 Å². The molecule has 0 atom stereocenters. The number of rotatable bonds is 8. The topological polar surface area (TPSA) is 71.5 Å². The molecule has 0 aliphatic heterocycles. The first kappa shape index (κ1) is 20.1. The molecule has 0 aliphatic rings. The summed E-state index contributed by atoms with van der Waals surface area (Å²) in [7, 11) is 0. The Morgan fingerprint density at radius 3 is 2.24 bits per heavy atom. The van der Waals surface area contributed by atoms with Crippen LogP contribution in [0.2, 0.25) is 0 Å². The Bertz CT molecular complexity index is 929. The van der Waals surface area contributed by atoms with Gasteiger partial charge in [-0.3, -0.25) is 9.78 Å². The molecule has 1 N–H and O–H groups in total. The van der Waals surface area contributed by atoms with Gasteiger partial charge in [-0.05, 0) is 53.9 Å². The lowest BCUT2D eigenvalue weighted by Crippen LogP contribution is -2.35. The second-order valence-electron chi connectivity index (χ2n) is 6.45. The summed E-state index contributed by atoms with van der Waals surface area (Å²) < 4.78 is 0. The third-order valence-electron chi connectivity index (χ3n) is 4.18. The van der Waals surface area contributed by atoms with Crippen LogP contribution in [0.15, 0.2) is 79.1 Å². The van der Waals surface area contributed by atoms with Crippen molar-refractivity contribution < 1.29 is 14.4 Å². The molecule has 0 fully saturated rings. The van der Waals surface area contributed by atoms with Crippen molar-refractivity contribution in [3.63, 3.8) is 0 Å². The first-order valence-corrected chi connectivity index (χ1v) is 9.49. The smallest absolute Gasteiger partial charge is 0.332 e. The Balaban J connectivity index is 1.65. The van der Waals surface area contributed by atoms with Gasteiger partial charge in [-0.1, -0.05) is 37.3 Å². The zero-order chi connectivity index (χ0) is 20.5. The number of aromatic nitrogens is 1. The van der Waals surface area contributed by atoms with Gasteiger partial charge in [0, 0.05) is 24.5 Å². The summed E-state index contributed by atoms with van der Waals surface area (Å²) in [5.41, 5.74) is 3.39. The molecule has 1 amide bonds. The van der Waals surface area contributed by atoms with Crippen molar-refractivity contribution in [1.82, 2.24) is 4.98 Å². The summed E-state index contributed by atoms with van der Waals surface area (Å²) in [6, 6.07) is 20.5. The minimum Gasteiger partial charge on any atom is -0.340 e. The summed E-state index contributed by atoms with van der Waals surface area (Å²) in [6.45, 7) is 1.79. The number of carbonyl (C=O) groups excluding carboxylic acids is 2. The van der Waals surface area contributed by atoms with E-state index in [1.165, 1.54) is 5.06 Å². The number of hydrogen-bond acceptors (Lipinski definition) is 5. The minimum atomic E-state index is -0.370. The lowest BCUT2D eigenvalue weighted by Gasteiger charge is -2.22. The van der Waals surface area contributed by atoms with E-state index >= 15 is 0 Å². The number of carbonyl (C=O) groups is 2. The highest BCUT2D eigenvalue weighted by atomic mass is 16.7. The fraction of sp³-hybridized carbons (Fsp3) is 0.174. The summed E-state index contributed by atoms with van der Waals surface area (Å²) >= 11 is 0. The fourth-order valence-corrected chi connectivity index (χ4v) is 2.76. The largest absolute Gasteiger partial charge is 0.340 e. The summed E-state index contributed by atoms with van der Waals surface area (Å²) in [6.07, 6.45) is 4.45. The van der Waals surface area contributed by atoms with Gasteiger partial charge in [0.2, 0.25) is 5.91 Å². The van der Waals surface area contributed by atoms with Crippen LogP contribution in [0.25, 0.3) is 11.1 Å². The third kappa shape index (κ3) is 5.90. The maximum Gasteiger partial charge on any atom is 0.332 e. The van der Waals surface area contributed by atoms with Gasteiger partial charge in [0.25, 0.3) is 0 Å². The Kier molecular flexibility index (Phi) is 6.95. The normalized spacial score (nSPS) is 10.2. The predicted molar refractivity (Wildman–Crippen MR) is 113 cm³/mol. The van der Waals surface area contributed by atoms with Gasteiger partial charge in [-0.25, -0.2) is 4.79 Å². The van der Waals surface area contributed by atoms with E-state index in [0.29, 0.717) is 24.2 Å². The van der Waals surface area contributed by atoms with Gasteiger partial charge in [-0.2, -0.15) is 5.06 Å². The summed E-state index contributed by atoms with van der Waals surface area (Å²) in [5, 5.41) is 4.16. The highest BCUT2D eigenvalue weighted by Crippen LogP contribution is 2.21. The standard InChI is InChI=1S/C23H23N3O3/c1-2-6-23(28)29-26(21-7-4-3-5-8-21)17-22(27)25-20-11-9-18(10-12-20)19-13-15-24-16-14-19/h3-5,7-16H,2,6,17H2,1H3,(H,25,27). The molecule has 0 unspecified atom stereocenters. The van der Waals surface area contributed by atoms with Crippen molar-refractivity contribution in [3.05, 3.63) is 79.1 Å². The fourth-order valence-electron chi connectivity index (χ4n) is 2.76. The van der Waals surface area contributed by atoms with E-state index < -0.39 is 0 Å². The molecule has 2 aromatic carbocycles. The molecule has 0 bridgehead atoms. The minimum absolute atomic E-state index is 0.106. The van der Waals surface area contributed by atoms with Crippen molar-refractivity contribution in [3.8, 4) is 11.1 Å². The number of anilines is 2. The molecule has 3 rings (SSSR count). The molecule has 6 heteroatoms. The van der Waals surface area contributed by atoms with E-state index in [2.05, 4.69) is 10.3 Å². The molecule has 0 radical (unpaired) electrons. The molecule has 0 spiro atoms. The molecule has 0 saturated heterocycles. The second kappa shape index (κ2) is 10.0. The molecule has 148 valence electrons. The highest BCUT2D eigenvalue weighted by molar-refractivity contribution is 5.94. The van der Waals surface area contributed by atoms with Crippen molar-refractivity contribution in [2.24, 2.45) is 0 Å². The summed E-state index contributed by atoms with van der Waals surface area (Å²) in [5.74, 6) is -0.652. The van der Waals surface area contributed by atoms with Gasteiger partial charge >= 0.3 is 5.97 Å². The van der Waals surface area contributed by atoms with Crippen molar-refractivity contribution in [2.45, 2.75) is 19.8 Å². The molecular weight excluding hydrogens is 366 g/mol. The molecule has 0 aliphatic carbocycles. The Morgan fingerprint density at radius 1 is 0.931 bits per heavy atom.